The van der Waals surface area contributed by atoms with E-state index in [0.29, 0.717) is 29.0 Å². The van der Waals surface area contributed by atoms with Gasteiger partial charge in [0, 0.05) is 27.7 Å². The maximum atomic E-state index is 6.62. The minimum atomic E-state index is -0.110. The van der Waals surface area contributed by atoms with Gasteiger partial charge < -0.3 is 9.47 Å². The van der Waals surface area contributed by atoms with Crippen molar-refractivity contribution in [1.29, 1.82) is 0 Å². The minimum absolute atomic E-state index is 0.110. The van der Waals surface area contributed by atoms with Gasteiger partial charge in [0.1, 0.15) is 0 Å². The highest BCUT2D eigenvalue weighted by molar-refractivity contribution is 5.88. The van der Waals surface area contributed by atoms with Gasteiger partial charge in [0.25, 0.3) is 0 Å². The molecule has 1 aliphatic heterocycles. The average molecular weight is 684 g/mol. The third kappa shape index (κ3) is 5.28. The van der Waals surface area contributed by atoms with Gasteiger partial charge in [-0.3, -0.25) is 0 Å². The lowest BCUT2D eigenvalue weighted by Gasteiger charge is -2.25. The van der Waals surface area contributed by atoms with Crippen molar-refractivity contribution in [3.05, 3.63) is 175 Å². The van der Waals surface area contributed by atoms with E-state index >= 15 is 0 Å². The molecule has 53 heavy (non-hydrogen) atoms. The van der Waals surface area contributed by atoms with Crippen LogP contribution in [0.3, 0.4) is 0 Å². The third-order valence-corrected chi connectivity index (χ3v) is 10.4. The molecule has 0 saturated carbocycles. The molecule has 0 amide bonds. The number of hydrogen-bond donors (Lipinski definition) is 0. The summed E-state index contributed by atoms with van der Waals surface area (Å²) < 4.78 is 13.1. The first-order valence-electron chi connectivity index (χ1n) is 17.8. The highest BCUT2D eigenvalue weighted by Crippen LogP contribution is 2.58. The Balaban J connectivity index is 0.963. The normalized spacial score (nSPS) is 13.2. The highest BCUT2D eigenvalue weighted by atomic mass is 16.6. The Morgan fingerprint density at radius 2 is 0.849 bits per heavy atom. The second-order valence-electron chi connectivity index (χ2n) is 14.0. The van der Waals surface area contributed by atoms with Crippen LogP contribution in [0.15, 0.2) is 164 Å². The molecule has 1 aromatic heterocycles. The number of ether oxygens (including phenoxy) is 2. The van der Waals surface area contributed by atoms with Crippen LogP contribution in [0.25, 0.3) is 67.5 Å². The molecule has 0 bridgehead atoms. The monoisotopic (exact) mass is 683 g/mol. The lowest BCUT2D eigenvalue weighted by atomic mass is 9.82. The summed E-state index contributed by atoms with van der Waals surface area (Å²) in [6.45, 7) is 4.54. The Morgan fingerprint density at radius 1 is 0.377 bits per heavy atom. The van der Waals surface area contributed by atoms with Crippen LogP contribution >= 0.6 is 0 Å². The summed E-state index contributed by atoms with van der Waals surface area (Å²) in [4.78, 5) is 14.8. The van der Waals surface area contributed by atoms with Gasteiger partial charge >= 0.3 is 0 Å². The van der Waals surface area contributed by atoms with Gasteiger partial charge in [-0.25, -0.2) is 15.0 Å². The molecule has 0 atom stereocenters. The fourth-order valence-electron chi connectivity index (χ4n) is 7.61. The molecule has 0 spiro atoms. The number of nitrogens with zero attached hydrogens (tertiary/aromatic N) is 3. The second kappa shape index (κ2) is 12.1. The summed E-state index contributed by atoms with van der Waals surface area (Å²) in [5.41, 5.74) is 11.9. The Kier molecular flexibility index (Phi) is 7.08. The summed E-state index contributed by atoms with van der Waals surface area (Å²) in [5, 5.41) is 0. The summed E-state index contributed by atoms with van der Waals surface area (Å²) in [5.74, 6) is 4.78. The van der Waals surface area contributed by atoms with E-state index in [2.05, 4.69) is 123 Å². The highest BCUT2D eigenvalue weighted by Gasteiger charge is 2.39. The molecular formula is C48H33N3O2. The van der Waals surface area contributed by atoms with Crippen LogP contribution in [-0.2, 0) is 5.41 Å². The fourth-order valence-corrected chi connectivity index (χ4v) is 7.61. The van der Waals surface area contributed by atoms with Gasteiger partial charge in [-0.1, -0.05) is 159 Å². The molecule has 0 fully saturated rings. The number of benzene rings is 7. The van der Waals surface area contributed by atoms with Crippen LogP contribution in [0.1, 0.15) is 25.0 Å². The standard InChI is InChI=1S/C48H33N3O2/c1-48(2)38-16-10-9-15-37(38)43-39(48)26-28-41-44(43)53-40-27-25-36(29-42(40)52-41)32-19-23-35(24-20-32)47-50-45(33-13-7-4-8-14-33)49-46(51-47)34-21-17-31(18-22-34)30-11-5-3-6-12-30/h3-29H,1-2H3. The van der Waals surface area contributed by atoms with E-state index in [0.717, 1.165) is 50.4 Å². The summed E-state index contributed by atoms with van der Waals surface area (Å²) in [6, 6.07) is 56.0. The van der Waals surface area contributed by atoms with Crippen LogP contribution in [0.2, 0.25) is 0 Å². The smallest absolute Gasteiger partial charge is 0.178 e. The second-order valence-corrected chi connectivity index (χ2v) is 14.0. The van der Waals surface area contributed by atoms with E-state index in [1.165, 1.54) is 22.3 Å². The van der Waals surface area contributed by atoms with E-state index in [4.69, 9.17) is 24.4 Å². The van der Waals surface area contributed by atoms with Gasteiger partial charge in [0.05, 0.1) is 0 Å². The molecule has 7 aromatic carbocycles. The molecule has 1 aliphatic carbocycles. The SMILES string of the molecule is CC1(C)c2ccccc2-c2c1ccc1c2Oc2ccc(-c3ccc(-c4nc(-c5ccccc5)nc(-c5ccc(-c6ccccc6)cc5)n4)cc3)cc2O1. The zero-order valence-corrected chi connectivity index (χ0v) is 29.2. The van der Waals surface area contributed by atoms with Gasteiger partial charge in [-0.2, -0.15) is 0 Å². The van der Waals surface area contributed by atoms with Crippen LogP contribution < -0.4 is 9.47 Å². The quantitative estimate of drug-likeness (QED) is 0.181. The van der Waals surface area contributed by atoms with Crippen molar-refractivity contribution in [2.75, 3.05) is 0 Å². The molecule has 5 nitrogen and oxygen atoms in total. The molecule has 10 rings (SSSR count). The number of fused-ring (bicyclic) bond motifs is 6. The molecule has 0 N–H and O–H groups in total. The lowest BCUT2D eigenvalue weighted by molar-refractivity contribution is 0.360. The predicted octanol–water partition coefficient (Wildman–Crippen LogP) is 12.4. The van der Waals surface area contributed by atoms with Crippen molar-refractivity contribution in [2.45, 2.75) is 19.3 Å². The molecule has 5 heteroatoms. The van der Waals surface area contributed by atoms with Gasteiger partial charge in [0.15, 0.2) is 40.5 Å². The Bertz CT molecular complexity index is 2670. The van der Waals surface area contributed by atoms with Crippen molar-refractivity contribution >= 4 is 0 Å². The molecule has 2 aliphatic rings. The number of aromatic nitrogens is 3. The maximum absolute atomic E-state index is 6.62. The zero-order chi connectivity index (χ0) is 35.5. The first-order chi connectivity index (χ1) is 26.0. The molecule has 2 heterocycles. The molecule has 0 unspecified atom stereocenters. The van der Waals surface area contributed by atoms with E-state index in [9.17, 15) is 0 Å². The zero-order valence-electron chi connectivity index (χ0n) is 29.2. The van der Waals surface area contributed by atoms with Gasteiger partial charge in [0.2, 0.25) is 0 Å². The van der Waals surface area contributed by atoms with Gasteiger partial charge in [-0.15, -0.1) is 0 Å². The largest absolute Gasteiger partial charge is 0.449 e. The first-order valence-corrected chi connectivity index (χ1v) is 17.8. The Morgan fingerprint density at radius 3 is 1.49 bits per heavy atom. The van der Waals surface area contributed by atoms with Crippen molar-refractivity contribution < 1.29 is 9.47 Å². The van der Waals surface area contributed by atoms with Crippen molar-refractivity contribution in [3.8, 4) is 90.5 Å². The third-order valence-electron chi connectivity index (χ3n) is 10.4. The predicted molar refractivity (Wildman–Crippen MR) is 211 cm³/mol. The minimum Gasteiger partial charge on any atom is -0.449 e. The van der Waals surface area contributed by atoms with Crippen molar-refractivity contribution in [1.82, 2.24) is 15.0 Å². The number of rotatable bonds is 5. The van der Waals surface area contributed by atoms with Crippen LogP contribution in [0, 0.1) is 0 Å². The Hall–Kier alpha value is -6.85. The van der Waals surface area contributed by atoms with E-state index < -0.39 is 0 Å². The number of hydrogen-bond acceptors (Lipinski definition) is 5. The van der Waals surface area contributed by atoms with Crippen LogP contribution in [0.4, 0.5) is 0 Å². The summed E-state index contributed by atoms with van der Waals surface area (Å²) >= 11 is 0. The summed E-state index contributed by atoms with van der Waals surface area (Å²) in [6.07, 6.45) is 0. The van der Waals surface area contributed by atoms with Crippen LogP contribution in [-0.4, -0.2) is 15.0 Å². The summed E-state index contributed by atoms with van der Waals surface area (Å²) in [7, 11) is 0. The van der Waals surface area contributed by atoms with Crippen molar-refractivity contribution in [3.63, 3.8) is 0 Å². The first kappa shape index (κ1) is 30.9. The van der Waals surface area contributed by atoms with Crippen molar-refractivity contribution in [2.24, 2.45) is 0 Å². The topological polar surface area (TPSA) is 57.1 Å². The molecule has 0 saturated heterocycles. The Labute approximate surface area is 308 Å². The van der Waals surface area contributed by atoms with Gasteiger partial charge in [-0.05, 0) is 57.1 Å². The average Bonchev–Trinajstić information content (AvgIpc) is 3.46. The van der Waals surface area contributed by atoms with E-state index in [1.807, 2.05) is 54.6 Å². The lowest BCUT2D eigenvalue weighted by Crippen LogP contribution is -2.15. The van der Waals surface area contributed by atoms with E-state index in [1.54, 1.807) is 0 Å². The van der Waals surface area contributed by atoms with E-state index in [-0.39, 0.29) is 5.41 Å². The maximum Gasteiger partial charge on any atom is 0.178 e. The molecule has 0 radical (unpaired) electrons. The fraction of sp³-hybridized carbons (Fsp3) is 0.0625. The molecule has 252 valence electrons. The molecular weight excluding hydrogens is 651 g/mol. The van der Waals surface area contributed by atoms with Crippen LogP contribution in [0.5, 0.6) is 23.0 Å². The molecule has 8 aromatic rings.